The molecule has 0 saturated carbocycles. The average molecular weight is 285 g/mol. The van der Waals surface area contributed by atoms with E-state index in [1.807, 2.05) is 54.6 Å². The van der Waals surface area contributed by atoms with Crippen LogP contribution < -0.4 is 10.1 Å². The van der Waals surface area contributed by atoms with E-state index in [1.54, 1.807) is 7.11 Å². The van der Waals surface area contributed by atoms with Crippen molar-refractivity contribution in [2.45, 2.75) is 31.9 Å². The molecule has 2 N–H and O–H groups in total. The SMILES string of the molecule is CCC[C@@H](O)[C@@H](Nc1ccc(OC)cc1)c1ccccc1. The Balaban J connectivity index is 2.18. The van der Waals surface area contributed by atoms with Gasteiger partial charge < -0.3 is 15.2 Å². The van der Waals surface area contributed by atoms with Crippen molar-refractivity contribution in [3.63, 3.8) is 0 Å². The number of aliphatic hydroxyl groups excluding tert-OH is 1. The van der Waals surface area contributed by atoms with Gasteiger partial charge >= 0.3 is 0 Å². The molecule has 3 heteroatoms. The van der Waals surface area contributed by atoms with Gasteiger partial charge in [-0.2, -0.15) is 0 Å². The standard InChI is InChI=1S/C18H23NO2/c1-3-7-17(20)18(14-8-5-4-6-9-14)19-15-10-12-16(21-2)13-11-15/h4-6,8-13,17-20H,3,7H2,1-2H3/t17-,18+/m1/s1. The van der Waals surface area contributed by atoms with Crippen LogP contribution in [0.25, 0.3) is 0 Å². The van der Waals surface area contributed by atoms with E-state index in [0.717, 1.165) is 29.8 Å². The Kier molecular flexibility index (Phi) is 5.64. The Morgan fingerprint density at radius 2 is 1.71 bits per heavy atom. The molecule has 0 unspecified atom stereocenters. The number of hydrogen-bond donors (Lipinski definition) is 2. The van der Waals surface area contributed by atoms with Crippen LogP contribution in [-0.2, 0) is 0 Å². The van der Waals surface area contributed by atoms with Crippen LogP contribution in [0.3, 0.4) is 0 Å². The first-order chi connectivity index (χ1) is 10.2. The van der Waals surface area contributed by atoms with Gasteiger partial charge in [-0.3, -0.25) is 0 Å². The minimum absolute atomic E-state index is 0.112. The number of benzene rings is 2. The summed E-state index contributed by atoms with van der Waals surface area (Å²) in [5.74, 6) is 0.825. The Hall–Kier alpha value is -2.00. The van der Waals surface area contributed by atoms with Crippen LogP contribution in [-0.4, -0.2) is 18.3 Å². The van der Waals surface area contributed by atoms with Gasteiger partial charge in [-0.1, -0.05) is 43.7 Å². The summed E-state index contributed by atoms with van der Waals surface area (Å²) in [7, 11) is 1.65. The molecule has 0 saturated heterocycles. The maximum absolute atomic E-state index is 10.4. The van der Waals surface area contributed by atoms with E-state index in [2.05, 4.69) is 12.2 Å². The largest absolute Gasteiger partial charge is 0.497 e. The lowest BCUT2D eigenvalue weighted by atomic mass is 9.98. The molecular weight excluding hydrogens is 262 g/mol. The lowest BCUT2D eigenvalue weighted by molar-refractivity contribution is 0.142. The Bertz CT molecular complexity index is 525. The van der Waals surface area contributed by atoms with Crippen molar-refractivity contribution in [2.24, 2.45) is 0 Å². The quantitative estimate of drug-likeness (QED) is 0.807. The minimum Gasteiger partial charge on any atom is -0.497 e. The number of rotatable bonds is 7. The van der Waals surface area contributed by atoms with Crippen molar-refractivity contribution in [3.8, 4) is 5.75 Å². The topological polar surface area (TPSA) is 41.5 Å². The number of hydrogen-bond acceptors (Lipinski definition) is 3. The van der Waals surface area contributed by atoms with E-state index in [0.29, 0.717) is 0 Å². The highest BCUT2D eigenvalue weighted by atomic mass is 16.5. The third-order valence-electron chi connectivity index (χ3n) is 3.54. The van der Waals surface area contributed by atoms with Crippen molar-refractivity contribution in [1.29, 1.82) is 0 Å². The van der Waals surface area contributed by atoms with Crippen molar-refractivity contribution in [3.05, 3.63) is 60.2 Å². The van der Waals surface area contributed by atoms with Crippen molar-refractivity contribution in [1.82, 2.24) is 0 Å². The van der Waals surface area contributed by atoms with Crippen LogP contribution >= 0.6 is 0 Å². The van der Waals surface area contributed by atoms with E-state index < -0.39 is 6.10 Å². The number of aliphatic hydroxyl groups is 1. The third kappa shape index (κ3) is 4.23. The van der Waals surface area contributed by atoms with Crippen molar-refractivity contribution >= 4 is 5.69 Å². The van der Waals surface area contributed by atoms with Gasteiger partial charge in [0.15, 0.2) is 0 Å². The summed E-state index contributed by atoms with van der Waals surface area (Å²) in [4.78, 5) is 0. The number of nitrogens with one attached hydrogen (secondary N) is 1. The molecule has 3 nitrogen and oxygen atoms in total. The first kappa shape index (κ1) is 15.4. The second-order valence-electron chi connectivity index (χ2n) is 5.12. The summed E-state index contributed by atoms with van der Waals surface area (Å²) in [6.07, 6.45) is 1.30. The summed E-state index contributed by atoms with van der Waals surface area (Å²) in [6, 6.07) is 17.7. The van der Waals surface area contributed by atoms with Crippen molar-refractivity contribution in [2.75, 3.05) is 12.4 Å². The second-order valence-corrected chi connectivity index (χ2v) is 5.12. The first-order valence-corrected chi connectivity index (χ1v) is 7.38. The molecule has 2 aromatic rings. The van der Waals surface area contributed by atoms with Gasteiger partial charge in [0.1, 0.15) is 5.75 Å². The average Bonchev–Trinajstić information content (AvgIpc) is 2.54. The first-order valence-electron chi connectivity index (χ1n) is 7.38. The zero-order chi connectivity index (χ0) is 15.1. The predicted octanol–water partition coefficient (Wildman–Crippen LogP) is 4.01. The highest BCUT2D eigenvalue weighted by molar-refractivity contribution is 5.48. The highest BCUT2D eigenvalue weighted by Crippen LogP contribution is 2.26. The van der Waals surface area contributed by atoms with E-state index in [4.69, 9.17) is 4.74 Å². The molecule has 0 aromatic heterocycles. The van der Waals surface area contributed by atoms with Gasteiger partial charge in [0, 0.05) is 5.69 Å². The molecule has 112 valence electrons. The summed E-state index contributed by atoms with van der Waals surface area (Å²) in [5, 5.41) is 13.9. The monoisotopic (exact) mass is 285 g/mol. The molecule has 0 radical (unpaired) electrons. The summed E-state index contributed by atoms with van der Waals surface area (Å²) in [5.41, 5.74) is 2.06. The second kappa shape index (κ2) is 7.70. The van der Waals surface area contributed by atoms with E-state index in [-0.39, 0.29) is 6.04 Å². The van der Waals surface area contributed by atoms with Crippen LogP contribution in [0.2, 0.25) is 0 Å². The minimum atomic E-state index is -0.417. The molecule has 21 heavy (non-hydrogen) atoms. The third-order valence-corrected chi connectivity index (χ3v) is 3.54. The van der Waals surface area contributed by atoms with Gasteiger partial charge in [0.25, 0.3) is 0 Å². The van der Waals surface area contributed by atoms with Crippen LogP contribution in [0.4, 0.5) is 5.69 Å². The van der Waals surface area contributed by atoms with Crippen LogP contribution in [0.15, 0.2) is 54.6 Å². The normalized spacial score (nSPS) is 13.5. The fraction of sp³-hybridized carbons (Fsp3) is 0.333. The van der Waals surface area contributed by atoms with Gasteiger partial charge in [-0.15, -0.1) is 0 Å². The van der Waals surface area contributed by atoms with E-state index in [9.17, 15) is 5.11 Å². The summed E-state index contributed by atoms with van der Waals surface area (Å²) in [6.45, 7) is 2.08. The number of anilines is 1. The molecule has 0 amide bonds. The predicted molar refractivity (Wildman–Crippen MR) is 86.7 cm³/mol. The van der Waals surface area contributed by atoms with Crippen LogP contribution in [0, 0.1) is 0 Å². The number of methoxy groups -OCH3 is 1. The van der Waals surface area contributed by atoms with E-state index >= 15 is 0 Å². The molecule has 0 aliphatic rings. The van der Waals surface area contributed by atoms with Gasteiger partial charge in [0.05, 0.1) is 19.3 Å². The molecule has 2 rings (SSSR count). The van der Waals surface area contributed by atoms with Crippen molar-refractivity contribution < 1.29 is 9.84 Å². The number of ether oxygens (including phenoxy) is 1. The zero-order valence-corrected chi connectivity index (χ0v) is 12.6. The Morgan fingerprint density at radius 1 is 1.05 bits per heavy atom. The maximum atomic E-state index is 10.4. The summed E-state index contributed by atoms with van der Waals surface area (Å²) >= 11 is 0. The molecule has 2 aromatic carbocycles. The van der Waals surface area contributed by atoms with Gasteiger partial charge in [-0.05, 0) is 36.2 Å². The lowest BCUT2D eigenvalue weighted by Gasteiger charge is -2.25. The lowest BCUT2D eigenvalue weighted by Crippen LogP contribution is -2.25. The molecule has 0 spiro atoms. The van der Waals surface area contributed by atoms with Crippen LogP contribution in [0.1, 0.15) is 31.4 Å². The molecule has 0 aliphatic carbocycles. The van der Waals surface area contributed by atoms with E-state index in [1.165, 1.54) is 0 Å². The maximum Gasteiger partial charge on any atom is 0.119 e. The van der Waals surface area contributed by atoms with Gasteiger partial charge in [0.2, 0.25) is 0 Å². The molecule has 0 bridgehead atoms. The smallest absolute Gasteiger partial charge is 0.119 e. The fourth-order valence-corrected chi connectivity index (χ4v) is 2.39. The highest BCUT2D eigenvalue weighted by Gasteiger charge is 2.20. The van der Waals surface area contributed by atoms with Gasteiger partial charge in [-0.25, -0.2) is 0 Å². The Labute approximate surface area is 126 Å². The molecule has 2 atom stereocenters. The Morgan fingerprint density at radius 3 is 2.29 bits per heavy atom. The van der Waals surface area contributed by atoms with Crippen LogP contribution in [0.5, 0.6) is 5.75 Å². The molecule has 0 heterocycles. The zero-order valence-electron chi connectivity index (χ0n) is 12.6. The molecular formula is C18H23NO2. The fourth-order valence-electron chi connectivity index (χ4n) is 2.39. The molecule has 0 fully saturated rings. The summed E-state index contributed by atoms with van der Waals surface area (Å²) < 4.78 is 5.17. The molecule has 0 aliphatic heterocycles.